The number of aromatic nitrogens is 2. The van der Waals surface area contributed by atoms with Crippen LogP contribution in [0.4, 0.5) is 0 Å². The molecule has 0 radical (unpaired) electrons. The maximum Gasteiger partial charge on any atom is 0.216 e. The lowest BCUT2D eigenvalue weighted by atomic mass is 9.76. The van der Waals surface area contributed by atoms with Crippen LogP contribution in [0.1, 0.15) is 50.8 Å². The first-order valence-corrected chi connectivity index (χ1v) is 7.10. The van der Waals surface area contributed by atoms with E-state index in [1.807, 2.05) is 6.07 Å². The first kappa shape index (κ1) is 14.2. The zero-order valence-electron chi connectivity index (χ0n) is 11.8. The highest BCUT2D eigenvalue weighted by molar-refractivity contribution is 5.17. The quantitative estimate of drug-likeness (QED) is 0.630. The zero-order chi connectivity index (χ0) is 13.7. The smallest absolute Gasteiger partial charge is 0.216 e. The number of hydrogen-bond donors (Lipinski definition) is 2. The highest BCUT2D eigenvalue weighted by Crippen LogP contribution is 2.37. The van der Waals surface area contributed by atoms with Crippen molar-refractivity contribution in [3.05, 3.63) is 18.1 Å². The SMILES string of the molecule is CCC1CCCC(C(NN)c2cc(OC)ncn2)C1. The standard InChI is InChI=1S/C14H24N4O/c1-3-10-5-4-6-11(7-10)14(18-15)12-8-13(19-2)17-9-16-12/h8-11,14,18H,3-7,15H2,1-2H3. The van der Waals surface area contributed by atoms with Crippen LogP contribution in [0.5, 0.6) is 5.88 Å². The van der Waals surface area contributed by atoms with Crippen LogP contribution >= 0.6 is 0 Å². The maximum absolute atomic E-state index is 5.76. The minimum atomic E-state index is 0.0891. The third kappa shape index (κ3) is 3.42. The molecule has 0 saturated heterocycles. The van der Waals surface area contributed by atoms with Gasteiger partial charge in [0.25, 0.3) is 0 Å². The molecule has 0 spiro atoms. The maximum atomic E-state index is 5.76. The Morgan fingerprint density at radius 3 is 3.00 bits per heavy atom. The van der Waals surface area contributed by atoms with Crippen molar-refractivity contribution in [2.24, 2.45) is 17.7 Å². The number of methoxy groups -OCH3 is 1. The predicted octanol–water partition coefficient (Wildman–Crippen LogP) is 2.21. The molecule has 1 heterocycles. The van der Waals surface area contributed by atoms with E-state index >= 15 is 0 Å². The number of ether oxygens (including phenoxy) is 1. The van der Waals surface area contributed by atoms with Crippen molar-refractivity contribution in [2.75, 3.05) is 7.11 Å². The van der Waals surface area contributed by atoms with Crippen LogP contribution < -0.4 is 16.0 Å². The summed E-state index contributed by atoms with van der Waals surface area (Å²) in [7, 11) is 1.62. The minimum absolute atomic E-state index is 0.0891. The van der Waals surface area contributed by atoms with Gasteiger partial charge in [0.2, 0.25) is 5.88 Å². The molecule has 1 aliphatic carbocycles. The molecular formula is C14H24N4O. The fourth-order valence-corrected chi connectivity index (χ4v) is 3.10. The van der Waals surface area contributed by atoms with Crippen molar-refractivity contribution in [3.8, 4) is 5.88 Å². The molecule has 1 saturated carbocycles. The monoisotopic (exact) mass is 264 g/mol. The summed E-state index contributed by atoms with van der Waals surface area (Å²) in [6.45, 7) is 2.27. The molecule has 3 N–H and O–H groups in total. The molecule has 1 fully saturated rings. The zero-order valence-corrected chi connectivity index (χ0v) is 11.8. The van der Waals surface area contributed by atoms with Gasteiger partial charge in [0.1, 0.15) is 6.33 Å². The molecule has 1 aromatic rings. The fraction of sp³-hybridized carbons (Fsp3) is 0.714. The molecule has 106 valence electrons. The highest BCUT2D eigenvalue weighted by Gasteiger charge is 2.29. The normalized spacial score (nSPS) is 25.0. The molecule has 0 aromatic carbocycles. The molecule has 1 aromatic heterocycles. The molecule has 0 amide bonds. The summed E-state index contributed by atoms with van der Waals surface area (Å²) in [4.78, 5) is 8.40. The van der Waals surface area contributed by atoms with Crippen LogP contribution in [0, 0.1) is 11.8 Å². The van der Waals surface area contributed by atoms with E-state index in [2.05, 4.69) is 22.3 Å². The average molecular weight is 264 g/mol. The summed E-state index contributed by atoms with van der Waals surface area (Å²) in [5.41, 5.74) is 3.87. The van der Waals surface area contributed by atoms with Crippen LogP contribution in [0.3, 0.4) is 0 Å². The van der Waals surface area contributed by atoms with Crippen LogP contribution in [0.25, 0.3) is 0 Å². The van der Waals surface area contributed by atoms with E-state index in [0.29, 0.717) is 11.8 Å². The molecule has 5 nitrogen and oxygen atoms in total. The molecule has 0 bridgehead atoms. The number of hydrogen-bond acceptors (Lipinski definition) is 5. The Kier molecular flexibility index (Phi) is 5.10. The van der Waals surface area contributed by atoms with Gasteiger partial charge < -0.3 is 4.74 Å². The third-order valence-corrected chi connectivity index (χ3v) is 4.24. The van der Waals surface area contributed by atoms with E-state index in [9.17, 15) is 0 Å². The van der Waals surface area contributed by atoms with Crippen LogP contribution in [-0.4, -0.2) is 17.1 Å². The molecule has 5 heteroatoms. The predicted molar refractivity (Wildman–Crippen MR) is 74.4 cm³/mol. The van der Waals surface area contributed by atoms with Crippen molar-refractivity contribution in [3.63, 3.8) is 0 Å². The van der Waals surface area contributed by atoms with Crippen molar-refractivity contribution >= 4 is 0 Å². The summed E-state index contributed by atoms with van der Waals surface area (Å²) >= 11 is 0. The van der Waals surface area contributed by atoms with Crippen molar-refractivity contribution in [2.45, 2.75) is 45.1 Å². The van der Waals surface area contributed by atoms with Gasteiger partial charge in [-0.25, -0.2) is 9.97 Å². The number of nitrogens with zero attached hydrogens (tertiary/aromatic N) is 2. The summed E-state index contributed by atoms with van der Waals surface area (Å²) < 4.78 is 5.16. The van der Waals surface area contributed by atoms with Gasteiger partial charge in [0, 0.05) is 6.07 Å². The Bertz CT molecular complexity index is 399. The first-order chi connectivity index (χ1) is 9.28. The average Bonchev–Trinajstić information content (AvgIpc) is 2.48. The van der Waals surface area contributed by atoms with Crippen molar-refractivity contribution in [1.82, 2.24) is 15.4 Å². The van der Waals surface area contributed by atoms with Crippen molar-refractivity contribution in [1.29, 1.82) is 0 Å². The lowest BCUT2D eigenvalue weighted by Gasteiger charge is -2.33. The van der Waals surface area contributed by atoms with Gasteiger partial charge >= 0.3 is 0 Å². The van der Waals surface area contributed by atoms with Crippen molar-refractivity contribution < 1.29 is 4.74 Å². The molecule has 1 aliphatic rings. The van der Waals surface area contributed by atoms with E-state index < -0.39 is 0 Å². The summed E-state index contributed by atoms with van der Waals surface area (Å²) in [5, 5.41) is 0. The van der Waals surface area contributed by atoms with Gasteiger partial charge in [-0.05, 0) is 24.7 Å². The van der Waals surface area contributed by atoms with E-state index in [0.717, 1.165) is 11.6 Å². The molecular weight excluding hydrogens is 240 g/mol. The topological polar surface area (TPSA) is 73.1 Å². The Morgan fingerprint density at radius 1 is 1.47 bits per heavy atom. The number of rotatable bonds is 5. The molecule has 3 atom stereocenters. The molecule has 2 rings (SSSR count). The lowest BCUT2D eigenvalue weighted by Crippen LogP contribution is -2.36. The third-order valence-electron chi connectivity index (χ3n) is 4.24. The Morgan fingerprint density at radius 2 is 2.32 bits per heavy atom. The van der Waals surface area contributed by atoms with Crippen LogP contribution in [0.15, 0.2) is 12.4 Å². The molecule has 3 unspecified atom stereocenters. The number of nitrogens with two attached hydrogens (primary N) is 1. The van der Waals surface area contributed by atoms with E-state index in [1.54, 1.807) is 13.4 Å². The Balaban J connectivity index is 2.13. The van der Waals surface area contributed by atoms with Crippen LogP contribution in [-0.2, 0) is 0 Å². The fourth-order valence-electron chi connectivity index (χ4n) is 3.10. The highest BCUT2D eigenvalue weighted by atomic mass is 16.5. The first-order valence-electron chi connectivity index (χ1n) is 7.10. The van der Waals surface area contributed by atoms with Gasteiger partial charge in [-0.2, -0.15) is 0 Å². The minimum Gasteiger partial charge on any atom is -0.481 e. The number of nitrogens with one attached hydrogen (secondary N) is 1. The van der Waals surface area contributed by atoms with E-state index in [-0.39, 0.29) is 6.04 Å². The van der Waals surface area contributed by atoms with Crippen LogP contribution in [0.2, 0.25) is 0 Å². The van der Waals surface area contributed by atoms with Gasteiger partial charge in [0.05, 0.1) is 18.8 Å². The van der Waals surface area contributed by atoms with Gasteiger partial charge in [-0.3, -0.25) is 11.3 Å². The van der Waals surface area contributed by atoms with Gasteiger partial charge in [-0.15, -0.1) is 0 Å². The summed E-state index contributed by atoms with van der Waals surface area (Å²) in [5.74, 6) is 7.72. The lowest BCUT2D eigenvalue weighted by molar-refractivity contribution is 0.207. The van der Waals surface area contributed by atoms with E-state index in [1.165, 1.54) is 32.1 Å². The Hall–Kier alpha value is -1.20. The van der Waals surface area contributed by atoms with Gasteiger partial charge in [0.15, 0.2) is 0 Å². The van der Waals surface area contributed by atoms with Gasteiger partial charge in [-0.1, -0.05) is 26.2 Å². The molecule has 19 heavy (non-hydrogen) atoms. The second-order valence-electron chi connectivity index (χ2n) is 5.33. The van der Waals surface area contributed by atoms with E-state index in [4.69, 9.17) is 10.6 Å². The molecule has 0 aliphatic heterocycles. The number of hydrazine groups is 1. The second-order valence-corrected chi connectivity index (χ2v) is 5.33. The second kappa shape index (κ2) is 6.82. The summed E-state index contributed by atoms with van der Waals surface area (Å²) in [6.07, 6.45) is 7.84. The largest absolute Gasteiger partial charge is 0.481 e. The summed E-state index contributed by atoms with van der Waals surface area (Å²) in [6, 6.07) is 1.96. The Labute approximate surface area is 114 Å².